The Bertz CT molecular complexity index is 398. The maximum Gasteiger partial charge on any atom is 0.279 e. The molecule has 1 aromatic heterocycles. The van der Waals surface area contributed by atoms with Crippen LogP contribution in [0.15, 0.2) is 17.5 Å². The Hall–Kier alpha value is -0.430. The Morgan fingerprint density at radius 2 is 2.19 bits per heavy atom. The second-order valence-electron chi connectivity index (χ2n) is 3.84. The molecule has 0 fully saturated rings. The standard InChI is InChI=1S/C10H18N2O2S2/c1-9(2)12(3)16(13,14)11-7-6-10-5-4-8-15-10/h4-5,8-9,11H,6-7H2,1-3H3. The number of hydrogen-bond donors (Lipinski definition) is 1. The van der Waals surface area contributed by atoms with Gasteiger partial charge in [-0.1, -0.05) is 6.07 Å². The van der Waals surface area contributed by atoms with Crippen molar-refractivity contribution >= 4 is 21.5 Å². The molecule has 0 saturated heterocycles. The monoisotopic (exact) mass is 262 g/mol. The Labute approximate surface area is 101 Å². The van der Waals surface area contributed by atoms with Gasteiger partial charge in [-0.05, 0) is 31.7 Å². The first-order valence-corrected chi connectivity index (χ1v) is 7.50. The predicted octanol–water partition coefficient (Wildman–Crippen LogP) is 1.47. The summed E-state index contributed by atoms with van der Waals surface area (Å²) in [6.07, 6.45) is 0.739. The molecule has 0 aliphatic rings. The van der Waals surface area contributed by atoms with Gasteiger partial charge < -0.3 is 0 Å². The smallest absolute Gasteiger partial charge is 0.202 e. The summed E-state index contributed by atoms with van der Waals surface area (Å²) in [5.74, 6) is 0. The molecule has 0 radical (unpaired) electrons. The third-order valence-corrected chi connectivity index (χ3v) is 5.03. The Kier molecular flexibility index (Phi) is 4.91. The summed E-state index contributed by atoms with van der Waals surface area (Å²) in [5, 5.41) is 1.99. The predicted molar refractivity (Wildman–Crippen MR) is 67.8 cm³/mol. The molecule has 0 aliphatic heterocycles. The zero-order valence-electron chi connectivity index (χ0n) is 9.80. The SMILES string of the molecule is CC(C)N(C)S(=O)(=O)NCCc1cccs1. The molecule has 1 rings (SSSR count). The molecular weight excluding hydrogens is 244 g/mol. The van der Waals surface area contributed by atoms with E-state index in [1.807, 2.05) is 31.4 Å². The Morgan fingerprint density at radius 3 is 2.69 bits per heavy atom. The summed E-state index contributed by atoms with van der Waals surface area (Å²) in [7, 11) is -1.74. The lowest BCUT2D eigenvalue weighted by molar-refractivity contribution is 0.403. The molecule has 16 heavy (non-hydrogen) atoms. The molecule has 1 heterocycles. The second-order valence-corrected chi connectivity index (χ2v) is 6.69. The van der Waals surface area contributed by atoms with Crippen molar-refractivity contribution in [1.29, 1.82) is 0 Å². The van der Waals surface area contributed by atoms with Gasteiger partial charge in [0.05, 0.1) is 0 Å². The maximum atomic E-state index is 11.7. The normalized spacial score (nSPS) is 12.6. The molecule has 0 spiro atoms. The van der Waals surface area contributed by atoms with Crippen molar-refractivity contribution in [2.75, 3.05) is 13.6 Å². The Balaban J connectivity index is 2.43. The second kappa shape index (κ2) is 5.77. The fraction of sp³-hybridized carbons (Fsp3) is 0.600. The number of nitrogens with one attached hydrogen (secondary N) is 1. The van der Waals surface area contributed by atoms with Crippen molar-refractivity contribution in [1.82, 2.24) is 9.03 Å². The lowest BCUT2D eigenvalue weighted by Crippen LogP contribution is -2.42. The Morgan fingerprint density at radius 1 is 1.50 bits per heavy atom. The van der Waals surface area contributed by atoms with E-state index in [4.69, 9.17) is 0 Å². The molecule has 0 saturated carbocycles. The van der Waals surface area contributed by atoms with E-state index in [0.717, 1.165) is 6.42 Å². The highest BCUT2D eigenvalue weighted by Gasteiger charge is 2.19. The van der Waals surface area contributed by atoms with Crippen LogP contribution in [0.5, 0.6) is 0 Å². The van der Waals surface area contributed by atoms with Crippen molar-refractivity contribution in [2.45, 2.75) is 26.3 Å². The zero-order valence-corrected chi connectivity index (χ0v) is 11.4. The van der Waals surface area contributed by atoms with E-state index in [2.05, 4.69) is 4.72 Å². The molecule has 92 valence electrons. The van der Waals surface area contributed by atoms with E-state index in [9.17, 15) is 8.42 Å². The van der Waals surface area contributed by atoms with E-state index in [1.165, 1.54) is 9.18 Å². The van der Waals surface area contributed by atoms with Crippen LogP contribution in [0.2, 0.25) is 0 Å². The highest BCUT2D eigenvalue weighted by Crippen LogP contribution is 2.08. The number of nitrogens with zero attached hydrogens (tertiary/aromatic N) is 1. The van der Waals surface area contributed by atoms with E-state index < -0.39 is 10.2 Å². The number of hydrogen-bond acceptors (Lipinski definition) is 3. The zero-order chi connectivity index (χ0) is 12.2. The summed E-state index contributed by atoms with van der Waals surface area (Å²) < 4.78 is 27.4. The summed E-state index contributed by atoms with van der Waals surface area (Å²) in [4.78, 5) is 1.19. The first-order chi connectivity index (χ1) is 7.43. The highest BCUT2D eigenvalue weighted by atomic mass is 32.2. The van der Waals surface area contributed by atoms with Crippen molar-refractivity contribution in [3.63, 3.8) is 0 Å². The fourth-order valence-electron chi connectivity index (χ4n) is 1.14. The first-order valence-electron chi connectivity index (χ1n) is 5.18. The molecule has 4 nitrogen and oxygen atoms in total. The van der Waals surface area contributed by atoms with Crippen LogP contribution >= 0.6 is 11.3 Å². The largest absolute Gasteiger partial charge is 0.279 e. The molecular formula is C10H18N2O2S2. The minimum absolute atomic E-state index is 0.0285. The van der Waals surface area contributed by atoms with Gasteiger partial charge in [0.1, 0.15) is 0 Å². The van der Waals surface area contributed by atoms with Gasteiger partial charge in [0.2, 0.25) is 0 Å². The summed E-state index contributed by atoms with van der Waals surface area (Å²) >= 11 is 1.64. The fourth-order valence-corrected chi connectivity index (χ4v) is 2.97. The third-order valence-electron chi connectivity index (χ3n) is 2.34. The highest BCUT2D eigenvalue weighted by molar-refractivity contribution is 7.87. The van der Waals surface area contributed by atoms with Gasteiger partial charge >= 0.3 is 0 Å². The van der Waals surface area contributed by atoms with E-state index in [0.29, 0.717) is 6.54 Å². The van der Waals surface area contributed by atoms with Crippen LogP contribution in [0.1, 0.15) is 18.7 Å². The van der Waals surface area contributed by atoms with Gasteiger partial charge in [-0.2, -0.15) is 12.7 Å². The molecule has 6 heteroatoms. The average molecular weight is 262 g/mol. The van der Waals surface area contributed by atoms with Crippen LogP contribution in [0.3, 0.4) is 0 Å². The van der Waals surface area contributed by atoms with Gasteiger partial charge in [0.15, 0.2) is 0 Å². The lowest BCUT2D eigenvalue weighted by atomic mass is 10.3. The molecule has 0 aliphatic carbocycles. The molecule has 0 bridgehead atoms. The molecule has 0 atom stereocenters. The van der Waals surface area contributed by atoms with Gasteiger partial charge in [-0.25, -0.2) is 4.72 Å². The quantitative estimate of drug-likeness (QED) is 0.844. The molecule has 0 aromatic carbocycles. The van der Waals surface area contributed by atoms with Crippen molar-refractivity contribution < 1.29 is 8.42 Å². The van der Waals surface area contributed by atoms with Crippen LogP contribution in [0, 0.1) is 0 Å². The number of rotatable bonds is 6. The van der Waals surface area contributed by atoms with Crippen LogP contribution < -0.4 is 4.72 Å². The molecule has 0 amide bonds. The summed E-state index contributed by atoms with van der Waals surface area (Å²) in [6.45, 7) is 4.14. The van der Waals surface area contributed by atoms with Gasteiger partial charge in [0.25, 0.3) is 10.2 Å². The number of thiophene rings is 1. The minimum Gasteiger partial charge on any atom is -0.202 e. The maximum absolute atomic E-state index is 11.7. The van der Waals surface area contributed by atoms with Crippen LogP contribution in [0.25, 0.3) is 0 Å². The van der Waals surface area contributed by atoms with Crippen molar-refractivity contribution in [3.05, 3.63) is 22.4 Å². The topological polar surface area (TPSA) is 49.4 Å². The molecule has 1 aromatic rings. The minimum atomic E-state index is -3.32. The van der Waals surface area contributed by atoms with Gasteiger partial charge in [-0.3, -0.25) is 0 Å². The first kappa shape index (κ1) is 13.6. The summed E-state index contributed by atoms with van der Waals surface area (Å²) in [5.41, 5.74) is 0. The van der Waals surface area contributed by atoms with Crippen molar-refractivity contribution in [2.24, 2.45) is 0 Å². The van der Waals surface area contributed by atoms with E-state index >= 15 is 0 Å². The van der Waals surface area contributed by atoms with E-state index in [-0.39, 0.29) is 6.04 Å². The average Bonchev–Trinajstić information content (AvgIpc) is 2.69. The van der Waals surface area contributed by atoms with Gasteiger partial charge in [0, 0.05) is 24.5 Å². The lowest BCUT2D eigenvalue weighted by Gasteiger charge is -2.21. The third kappa shape index (κ3) is 3.86. The van der Waals surface area contributed by atoms with Gasteiger partial charge in [-0.15, -0.1) is 11.3 Å². The van der Waals surface area contributed by atoms with Crippen LogP contribution in [-0.2, 0) is 16.6 Å². The van der Waals surface area contributed by atoms with E-state index in [1.54, 1.807) is 18.4 Å². The van der Waals surface area contributed by atoms with Crippen LogP contribution in [-0.4, -0.2) is 32.4 Å². The summed E-state index contributed by atoms with van der Waals surface area (Å²) in [6, 6.07) is 3.94. The van der Waals surface area contributed by atoms with Crippen molar-refractivity contribution in [3.8, 4) is 0 Å². The molecule has 1 N–H and O–H groups in total. The van der Waals surface area contributed by atoms with Crippen LogP contribution in [0.4, 0.5) is 0 Å². The molecule has 0 unspecified atom stereocenters.